The van der Waals surface area contributed by atoms with Crippen molar-refractivity contribution in [3.8, 4) is 11.1 Å². The van der Waals surface area contributed by atoms with Crippen molar-refractivity contribution in [3.05, 3.63) is 146 Å². The first-order chi connectivity index (χ1) is 21.3. The van der Waals surface area contributed by atoms with Crippen molar-refractivity contribution < 1.29 is 4.42 Å². The molecule has 0 amide bonds. The number of benzene rings is 6. The van der Waals surface area contributed by atoms with E-state index in [2.05, 4.69) is 144 Å². The molecule has 3 aromatic heterocycles. The molecule has 0 atom stereocenters. The average molecular weight is 569 g/mol. The number of rotatable bonds is 4. The number of nitrogens with zero attached hydrogens (tertiary/aromatic N) is 2. The molecule has 0 fully saturated rings. The maximum absolute atomic E-state index is 6.65. The van der Waals surface area contributed by atoms with Gasteiger partial charge in [0.05, 0.1) is 11.1 Å². The van der Waals surface area contributed by atoms with E-state index >= 15 is 0 Å². The van der Waals surface area contributed by atoms with Gasteiger partial charge in [-0.3, -0.25) is 4.98 Å². The summed E-state index contributed by atoms with van der Waals surface area (Å²) < 4.78 is 9.22. The van der Waals surface area contributed by atoms with Gasteiger partial charge in [-0.1, -0.05) is 91.0 Å². The number of thiophene rings is 1. The smallest absolute Gasteiger partial charge is 0.177 e. The molecule has 0 aliphatic rings. The predicted molar refractivity (Wildman–Crippen MR) is 182 cm³/mol. The summed E-state index contributed by atoms with van der Waals surface area (Å²) in [5, 5.41) is 5.90. The molecule has 3 heterocycles. The summed E-state index contributed by atoms with van der Waals surface area (Å²) in [5.74, 6) is 0. The average Bonchev–Trinajstić information content (AvgIpc) is 3.65. The summed E-state index contributed by atoms with van der Waals surface area (Å²) in [6.07, 6.45) is 1.90. The van der Waals surface area contributed by atoms with E-state index in [4.69, 9.17) is 9.40 Å². The zero-order chi connectivity index (χ0) is 28.3. The fraction of sp³-hybridized carbons (Fsp3) is 0. The molecule has 0 saturated carbocycles. The van der Waals surface area contributed by atoms with Crippen LogP contribution in [0.25, 0.3) is 64.1 Å². The van der Waals surface area contributed by atoms with Gasteiger partial charge in [-0.25, -0.2) is 0 Å². The van der Waals surface area contributed by atoms with Crippen molar-refractivity contribution in [3.63, 3.8) is 0 Å². The normalized spacial score (nSPS) is 11.7. The minimum atomic E-state index is 0.774. The maximum Gasteiger partial charge on any atom is 0.177 e. The largest absolute Gasteiger partial charge is 0.452 e. The predicted octanol–water partition coefficient (Wildman–Crippen LogP) is 11.6. The third-order valence-corrected chi connectivity index (χ3v) is 9.47. The van der Waals surface area contributed by atoms with Crippen LogP contribution in [0.15, 0.2) is 150 Å². The maximum atomic E-state index is 6.65. The lowest BCUT2D eigenvalue weighted by atomic mass is 10.0. The zero-order valence-corrected chi connectivity index (χ0v) is 23.9. The van der Waals surface area contributed by atoms with Gasteiger partial charge in [0.25, 0.3) is 0 Å². The molecule has 0 unspecified atom stereocenters. The summed E-state index contributed by atoms with van der Waals surface area (Å²) in [6, 6.07) is 49.4. The van der Waals surface area contributed by atoms with Crippen LogP contribution < -0.4 is 4.90 Å². The van der Waals surface area contributed by atoms with Gasteiger partial charge in [-0.05, 0) is 70.4 Å². The molecule has 0 saturated heterocycles. The quantitative estimate of drug-likeness (QED) is 0.211. The number of hydrogen-bond acceptors (Lipinski definition) is 4. The molecule has 9 rings (SSSR count). The summed E-state index contributed by atoms with van der Waals surface area (Å²) >= 11 is 1.83. The molecule has 0 bridgehead atoms. The Hall–Kier alpha value is -5.45. The number of furan rings is 1. The summed E-state index contributed by atoms with van der Waals surface area (Å²) in [4.78, 5) is 7.17. The van der Waals surface area contributed by atoms with E-state index in [1.807, 2.05) is 17.5 Å². The SMILES string of the molecule is c1ccc(-c2ccc(N(c3ccc4sc5ccccc5c4c3)c3ccnc4c3oc3ccc5ccccc5c34)cc2)cc1. The first-order valence-electron chi connectivity index (χ1n) is 14.4. The summed E-state index contributed by atoms with van der Waals surface area (Å²) in [6.45, 7) is 0. The van der Waals surface area contributed by atoms with Gasteiger partial charge in [-0.15, -0.1) is 11.3 Å². The van der Waals surface area contributed by atoms with Crippen LogP contribution in [0.1, 0.15) is 0 Å². The first-order valence-corrected chi connectivity index (χ1v) is 15.2. The second kappa shape index (κ2) is 9.55. The van der Waals surface area contributed by atoms with Crippen LogP contribution in [-0.2, 0) is 0 Å². The lowest BCUT2D eigenvalue weighted by Crippen LogP contribution is -2.10. The molecule has 0 N–H and O–H groups in total. The number of pyridine rings is 1. The molecule has 6 aromatic carbocycles. The fourth-order valence-corrected chi connectivity index (χ4v) is 7.38. The van der Waals surface area contributed by atoms with Crippen molar-refractivity contribution in [1.82, 2.24) is 4.98 Å². The third-order valence-electron chi connectivity index (χ3n) is 8.32. The summed E-state index contributed by atoms with van der Waals surface area (Å²) in [7, 11) is 0. The topological polar surface area (TPSA) is 29.3 Å². The number of fused-ring (bicyclic) bond motifs is 8. The molecule has 0 aliphatic carbocycles. The first kappa shape index (κ1) is 24.2. The Kier molecular flexibility index (Phi) is 5.37. The lowest BCUT2D eigenvalue weighted by Gasteiger charge is -2.25. The molecule has 43 heavy (non-hydrogen) atoms. The van der Waals surface area contributed by atoms with Crippen LogP contribution >= 0.6 is 11.3 Å². The second-order valence-corrected chi connectivity index (χ2v) is 11.9. The van der Waals surface area contributed by atoms with Crippen LogP contribution in [-0.4, -0.2) is 4.98 Å². The third kappa shape index (κ3) is 3.84. The Bertz CT molecular complexity index is 2460. The van der Waals surface area contributed by atoms with Crippen molar-refractivity contribution in [2.75, 3.05) is 4.90 Å². The van der Waals surface area contributed by atoms with Crippen molar-refractivity contribution in [2.24, 2.45) is 0 Å². The Morgan fingerprint density at radius 2 is 1.28 bits per heavy atom. The number of hydrogen-bond donors (Lipinski definition) is 0. The van der Waals surface area contributed by atoms with Gasteiger partial charge < -0.3 is 9.32 Å². The van der Waals surface area contributed by atoms with E-state index in [9.17, 15) is 0 Å². The van der Waals surface area contributed by atoms with Gasteiger partial charge in [0.15, 0.2) is 5.58 Å². The number of aromatic nitrogens is 1. The van der Waals surface area contributed by atoms with Gasteiger partial charge in [0.1, 0.15) is 11.1 Å². The minimum Gasteiger partial charge on any atom is -0.452 e. The monoisotopic (exact) mass is 568 g/mol. The standard InChI is InChI=1S/C39H24N2OS/c1-2-8-25(9-3-1)26-14-17-28(18-15-26)41(29-19-21-36-32(24-29)31-12-6-7-13-35(31)43-36)33-22-23-40-38-37-30-11-5-4-10-27(30)16-20-34(37)42-39(33)38/h1-24H. The molecule has 0 spiro atoms. The van der Waals surface area contributed by atoms with E-state index in [0.29, 0.717) is 0 Å². The van der Waals surface area contributed by atoms with E-state index < -0.39 is 0 Å². The van der Waals surface area contributed by atoms with Gasteiger partial charge in [-0.2, -0.15) is 0 Å². The van der Waals surface area contributed by atoms with Crippen LogP contribution in [0.3, 0.4) is 0 Å². The molecule has 9 aromatic rings. The minimum absolute atomic E-state index is 0.774. The molecule has 3 nitrogen and oxygen atoms in total. The van der Waals surface area contributed by atoms with E-state index in [-0.39, 0.29) is 0 Å². The van der Waals surface area contributed by atoms with Crippen molar-refractivity contribution in [2.45, 2.75) is 0 Å². The highest BCUT2D eigenvalue weighted by Gasteiger charge is 2.22. The van der Waals surface area contributed by atoms with Gasteiger partial charge in [0.2, 0.25) is 0 Å². The second-order valence-electron chi connectivity index (χ2n) is 10.8. The van der Waals surface area contributed by atoms with E-state index in [1.165, 1.54) is 36.7 Å². The van der Waals surface area contributed by atoms with Crippen LogP contribution in [0.4, 0.5) is 17.1 Å². The molecule has 4 heteroatoms. The highest BCUT2D eigenvalue weighted by atomic mass is 32.1. The van der Waals surface area contributed by atoms with Crippen molar-refractivity contribution >= 4 is 81.4 Å². The molecule has 202 valence electrons. The van der Waals surface area contributed by atoms with Crippen molar-refractivity contribution in [1.29, 1.82) is 0 Å². The van der Waals surface area contributed by atoms with Gasteiger partial charge >= 0.3 is 0 Å². The van der Waals surface area contributed by atoms with Crippen LogP contribution in [0, 0.1) is 0 Å². The molecule has 0 aliphatic heterocycles. The Balaban J connectivity index is 1.30. The number of anilines is 3. The van der Waals surface area contributed by atoms with E-state index in [0.717, 1.165) is 44.5 Å². The Labute approximate surface area is 251 Å². The molecular formula is C39H24N2OS. The van der Waals surface area contributed by atoms with Gasteiger partial charge in [0, 0.05) is 37.7 Å². The van der Waals surface area contributed by atoms with Crippen LogP contribution in [0.5, 0.6) is 0 Å². The summed E-state index contributed by atoms with van der Waals surface area (Å²) in [5.41, 5.74) is 7.94. The Morgan fingerprint density at radius 1 is 0.558 bits per heavy atom. The van der Waals surface area contributed by atoms with E-state index in [1.54, 1.807) is 0 Å². The lowest BCUT2D eigenvalue weighted by molar-refractivity contribution is 0.668. The molecular weight excluding hydrogens is 545 g/mol. The molecule has 0 radical (unpaired) electrons. The van der Waals surface area contributed by atoms with Crippen LogP contribution in [0.2, 0.25) is 0 Å². The highest BCUT2D eigenvalue weighted by Crippen LogP contribution is 2.45. The zero-order valence-electron chi connectivity index (χ0n) is 23.1. The highest BCUT2D eigenvalue weighted by molar-refractivity contribution is 7.25. The fourth-order valence-electron chi connectivity index (χ4n) is 6.30. The Morgan fingerprint density at radius 3 is 2.16 bits per heavy atom.